The summed E-state index contributed by atoms with van der Waals surface area (Å²) >= 11 is 0. The van der Waals surface area contributed by atoms with Gasteiger partial charge in [0.05, 0.1) is 12.7 Å². The van der Waals surface area contributed by atoms with E-state index < -0.39 is 5.97 Å². The first-order chi connectivity index (χ1) is 12.4. The molecule has 0 aliphatic heterocycles. The topological polar surface area (TPSA) is 66.8 Å². The Kier molecular flexibility index (Phi) is 13.0. The van der Waals surface area contributed by atoms with E-state index in [-0.39, 0.29) is 5.57 Å². The van der Waals surface area contributed by atoms with Crippen LogP contribution in [0.25, 0.3) is 0 Å². The summed E-state index contributed by atoms with van der Waals surface area (Å²) in [7, 11) is 1.70. The molecule has 2 N–H and O–H groups in total. The number of rotatable bonds is 6. The molecule has 4 nitrogen and oxygen atoms in total. The zero-order valence-corrected chi connectivity index (χ0v) is 16.5. The highest BCUT2D eigenvalue weighted by Gasteiger charge is 2.13. The Labute approximate surface area is 158 Å². The Hall–Kier alpha value is -2.07. The molecular formula is C22H34O4. The fourth-order valence-electron chi connectivity index (χ4n) is 2.71. The normalized spacial score (nSPS) is 12.9. The lowest BCUT2D eigenvalue weighted by Gasteiger charge is -2.05. The predicted octanol–water partition coefficient (Wildman–Crippen LogP) is 5.07. The second-order valence-electron chi connectivity index (χ2n) is 6.45. The molecule has 1 saturated carbocycles. The van der Waals surface area contributed by atoms with E-state index in [0.29, 0.717) is 6.61 Å². The van der Waals surface area contributed by atoms with Crippen molar-refractivity contribution in [3.63, 3.8) is 0 Å². The lowest BCUT2D eigenvalue weighted by atomic mass is 10.0. The summed E-state index contributed by atoms with van der Waals surface area (Å²) in [4.78, 5) is 9.76. The van der Waals surface area contributed by atoms with E-state index in [9.17, 15) is 4.79 Å². The van der Waals surface area contributed by atoms with E-state index in [0.717, 1.165) is 18.1 Å². The van der Waals surface area contributed by atoms with Crippen LogP contribution in [0.1, 0.15) is 49.7 Å². The highest BCUT2D eigenvalue weighted by Crippen LogP contribution is 2.28. The predicted molar refractivity (Wildman–Crippen MR) is 108 cm³/mol. The summed E-state index contributed by atoms with van der Waals surface area (Å²) in [6.07, 6.45) is 9.16. The highest BCUT2D eigenvalue weighted by atomic mass is 16.5. The average Bonchev–Trinajstić information content (AvgIpc) is 3.16. The first-order valence-electron chi connectivity index (χ1n) is 9.13. The number of ether oxygens (including phenoxy) is 1. The van der Waals surface area contributed by atoms with Crippen molar-refractivity contribution < 1.29 is 19.7 Å². The maximum atomic E-state index is 9.76. The number of aliphatic hydroxyl groups is 1. The van der Waals surface area contributed by atoms with E-state index in [4.69, 9.17) is 14.9 Å². The van der Waals surface area contributed by atoms with Crippen LogP contribution in [0.15, 0.2) is 43.0 Å². The van der Waals surface area contributed by atoms with Gasteiger partial charge in [-0.2, -0.15) is 0 Å². The fourth-order valence-corrected chi connectivity index (χ4v) is 2.71. The fraction of sp³-hybridized carbons (Fsp3) is 0.500. The Balaban J connectivity index is 0.000000368. The molecule has 0 heterocycles. The Morgan fingerprint density at radius 2 is 1.92 bits per heavy atom. The quantitative estimate of drug-likeness (QED) is 0.547. The largest absolute Gasteiger partial charge is 0.496 e. The molecule has 0 saturated heterocycles. The second-order valence-corrected chi connectivity index (χ2v) is 6.45. The standard InChI is InChI=1S/C9H12O.C8H16O.C5H6O2/c1-7-5-4-6-9(10-3)8(7)2;9-7-3-6-8-4-1-2-5-8;1-3-4(2)5(6)7/h4-6H,1-3H3;8-9H,1-7H2;3H,1-2H2,(H,6,7). The molecule has 0 spiro atoms. The Morgan fingerprint density at radius 3 is 2.31 bits per heavy atom. The van der Waals surface area contributed by atoms with E-state index in [1.54, 1.807) is 7.11 Å². The lowest BCUT2D eigenvalue weighted by molar-refractivity contribution is -0.132. The molecule has 0 aromatic heterocycles. The van der Waals surface area contributed by atoms with Gasteiger partial charge in [-0.25, -0.2) is 4.79 Å². The summed E-state index contributed by atoms with van der Waals surface area (Å²) in [5.41, 5.74) is 2.53. The number of aliphatic hydroxyl groups excluding tert-OH is 1. The smallest absolute Gasteiger partial charge is 0.335 e. The van der Waals surface area contributed by atoms with Crippen LogP contribution in [0, 0.1) is 19.8 Å². The maximum Gasteiger partial charge on any atom is 0.335 e. The molecule has 146 valence electrons. The monoisotopic (exact) mass is 362 g/mol. The van der Waals surface area contributed by atoms with Gasteiger partial charge < -0.3 is 14.9 Å². The first kappa shape index (κ1) is 23.9. The number of benzene rings is 1. The summed E-state index contributed by atoms with van der Waals surface area (Å²) < 4.78 is 5.13. The molecule has 1 fully saturated rings. The molecule has 1 aliphatic rings. The lowest BCUT2D eigenvalue weighted by Crippen LogP contribution is -1.94. The number of hydrogen-bond acceptors (Lipinski definition) is 3. The number of aryl methyl sites for hydroxylation is 1. The van der Waals surface area contributed by atoms with Gasteiger partial charge >= 0.3 is 5.97 Å². The van der Waals surface area contributed by atoms with Crippen LogP contribution >= 0.6 is 0 Å². The number of carboxylic acids is 1. The maximum absolute atomic E-state index is 9.76. The number of methoxy groups -OCH3 is 1. The van der Waals surface area contributed by atoms with Gasteiger partial charge in [0.25, 0.3) is 0 Å². The minimum absolute atomic E-state index is 0.0278. The van der Waals surface area contributed by atoms with Crippen molar-refractivity contribution in [2.75, 3.05) is 13.7 Å². The minimum Gasteiger partial charge on any atom is -0.496 e. The number of carbonyl (C=O) groups is 1. The molecule has 1 aromatic carbocycles. The van der Waals surface area contributed by atoms with Crippen molar-refractivity contribution in [3.05, 3.63) is 54.1 Å². The van der Waals surface area contributed by atoms with Gasteiger partial charge in [-0.05, 0) is 49.8 Å². The van der Waals surface area contributed by atoms with Crippen LogP contribution in [0.2, 0.25) is 0 Å². The van der Waals surface area contributed by atoms with Crippen molar-refractivity contribution in [2.24, 2.45) is 5.92 Å². The van der Waals surface area contributed by atoms with Gasteiger partial charge in [0.2, 0.25) is 0 Å². The van der Waals surface area contributed by atoms with Crippen LogP contribution in [0.5, 0.6) is 5.75 Å². The number of carboxylic acid groups (broad SMARTS) is 1. The number of aliphatic carboxylic acids is 1. The molecule has 0 atom stereocenters. The highest BCUT2D eigenvalue weighted by molar-refractivity contribution is 5.88. The van der Waals surface area contributed by atoms with E-state index in [1.165, 1.54) is 49.3 Å². The van der Waals surface area contributed by atoms with Crippen LogP contribution in [0.3, 0.4) is 0 Å². The van der Waals surface area contributed by atoms with Gasteiger partial charge in [-0.15, -0.1) is 0 Å². The molecule has 0 bridgehead atoms. The SMILES string of the molecule is C=CC(=C)C(=O)O.COc1cccc(C)c1C.OCCCC1CCCC1. The Morgan fingerprint density at radius 1 is 1.31 bits per heavy atom. The number of hydrogen-bond donors (Lipinski definition) is 2. The van der Waals surface area contributed by atoms with Crippen LogP contribution in [-0.4, -0.2) is 29.9 Å². The third kappa shape index (κ3) is 10.0. The minimum atomic E-state index is -1.02. The zero-order valence-electron chi connectivity index (χ0n) is 16.5. The summed E-state index contributed by atoms with van der Waals surface area (Å²) in [5, 5.41) is 16.5. The van der Waals surface area contributed by atoms with Gasteiger partial charge in [0.1, 0.15) is 5.75 Å². The summed E-state index contributed by atoms with van der Waals surface area (Å²) in [6, 6.07) is 6.06. The second kappa shape index (κ2) is 14.1. The third-order valence-electron chi connectivity index (χ3n) is 4.54. The van der Waals surface area contributed by atoms with E-state index in [1.807, 2.05) is 12.1 Å². The third-order valence-corrected chi connectivity index (χ3v) is 4.54. The molecule has 1 aromatic rings. The van der Waals surface area contributed by atoms with Crippen molar-refractivity contribution in [2.45, 2.75) is 52.4 Å². The van der Waals surface area contributed by atoms with E-state index >= 15 is 0 Å². The molecule has 0 radical (unpaired) electrons. The van der Waals surface area contributed by atoms with Crippen molar-refractivity contribution in [1.29, 1.82) is 0 Å². The van der Waals surface area contributed by atoms with Gasteiger partial charge in [0.15, 0.2) is 0 Å². The first-order valence-corrected chi connectivity index (χ1v) is 9.13. The van der Waals surface area contributed by atoms with Gasteiger partial charge in [-0.1, -0.05) is 57.0 Å². The molecule has 26 heavy (non-hydrogen) atoms. The Bertz CT molecular complexity index is 557. The van der Waals surface area contributed by atoms with Crippen LogP contribution < -0.4 is 4.74 Å². The molecule has 2 rings (SSSR count). The summed E-state index contributed by atoms with van der Waals surface area (Å²) in [5.74, 6) is 0.909. The molecule has 0 amide bonds. The average molecular weight is 363 g/mol. The molecule has 1 aliphatic carbocycles. The molecular weight excluding hydrogens is 328 g/mol. The zero-order chi connectivity index (χ0) is 19.9. The van der Waals surface area contributed by atoms with E-state index in [2.05, 4.69) is 33.1 Å². The van der Waals surface area contributed by atoms with Gasteiger partial charge in [0, 0.05) is 6.61 Å². The molecule has 4 heteroatoms. The van der Waals surface area contributed by atoms with Crippen molar-refractivity contribution >= 4 is 5.97 Å². The molecule has 0 unspecified atom stereocenters. The van der Waals surface area contributed by atoms with Crippen molar-refractivity contribution in [3.8, 4) is 5.75 Å². The summed E-state index contributed by atoms with van der Waals surface area (Å²) in [6.45, 7) is 10.9. The van der Waals surface area contributed by atoms with Crippen LogP contribution in [0.4, 0.5) is 0 Å². The van der Waals surface area contributed by atoms with Crippen molar-refractivity contribution in [1.82, 2.24) is 0 Å². The van der Waals surface area contributed by atoms with Gasteiger partial charge in [-0.3, -0.25) is 0 Å². The van der Waals surface area contributed by atoms with Crippen LogP contribution in [-0.2, 0) is 4.79 Å².